The lowest BCUT2D eigenvalue weighted by molar-refractivity contribution is -0.118. The van der Waals surface area contributed by atoms with Crippen LogP contribution in [0.4, 0.5) is 5.69 Å². The minimum atomic E-state index is -0.174. The van der Waals surface area contributed by atoms with Gasteiger partial charge >= 0.3 is 0 Å². The number of nitrogens with one attached hydrogen (secondary N) is 2. The van der Waals surface area contributed by atoms with E-state index in [1.807, 2.05) is 0 Å². The molecule has 1 fully saturated rings. The molecule has 0 unspecified atom stereocenters. The number of hydrogen-bond acceptors (Lipinski definition) is 4. The molecule has 2 aliphatic rings. The van der Waals surface area contributed by atoms with Crippen molar-refractivity contribution in [2.45, 2.75) is 26.2 Å². The first-order valence-electron chi connectivity index (χ1n) is 8.69. The molecule has 0 atom stereocenters. The van der Waals surface area contributed by atoms with Crippen molar-refractivity contribution in [2.75, 3.05) is 38.1 Å². The summed E-state index contributed by atoms with van der Waals surface area (Å²) >= 11 is 0. The third kappa shape index (κ3) is 4.26. The van der Waals surface area contributed by atoms with E-state index in [4.69, 9.17) is 4.74 Å². The molecule has 130 valence electrons. The van der Waals surface area contributed by atoms with Crippen molar-refractivity contribution in [3.63, 3.8) is 0 Å². The monoisotopic (exact) mass is 331 g/mol. The van der Waals surface area contributed by atoms with E-state index in [0.29, 0.717) is 23.5 Å². The van der Waals surface area contributed by atoms with Crippen LogP contribution in [0.2, 0.25) is 0 Å². The molecule has 6 heteroatoms. The molecule has 1 saturated heterocycles. The lowest BCUT2D eigenvalue weighted by Gasteiger charge is -2.30. The topological polar surface area (TPSA) is 70.7 Å². The van der Waals surface area contributed by atoms with Crippen LogP contribution in [0.5, 0.6) is 5.75 Å². The molecule has 2 aliphatic heterocycles. The van der Waals surface area contributed by atoms with Gasteiger partial charge in [0.15, 0.2) is 6.61 Å². The summed E-state index contributed by atoms with van der Waals surface area (Å²) in [5, 5.41) is 5.67. The minimum Gasteiger partial charge on any atom is -0.482 e. The Morgan fingerprint density at radius 2 is 2.17 bits per heavy atom. The molecule has 0 spiro atoms. The zero-order chi connectivity index (χ0) is 16.9. The van der Waals surface area contributed by atoms with Gasteiger partial charge in [-0.3, -0.25) is 9.59 Å². The van der Waals surface area contributed by atoms with Crippen LogP contribution >= 0.6 is 0 Å². The van der Waals surface area contributed by atoms with E-state index in [2.05, 4.69) is 22.5 Å². The highest BCUT2D eigenvalue weighted by atomic mass is 16.5. The lowest BCUT2D eigenvalue weighted by atomic mass is 9.99. The molecular weight excluding hydrogens is 306 g/mol. The van der Waals surface area contributed by atoms with Crippen molar-refractivity contribution in [3.8, 4) is 5.75 Å². The van der Waals surface area contributed by atoms with Gasteiger partial charge in [0, 0.05) is 12.1 Å². The van der Waals surface area contributed by atoms with Gasteiger partial charge in [0.1, 0.15) is 5.75 Å². The molecule has 0 bridgehead atoms. The smallest absolute Gasteiger partial charge is 0.262 e. The van der Waals surface area contributed by atoms with E-state index in [0.717, 1.165) is 18.9 Å². The van der Waals surface area contributed by atoms with Crippen LogP contribution in [0.3, 0.4) is 0 Å². The predicted octanol–water partition coefficient (Wildman–Crippen LogP) is 1.87. The van der Waals surface area contributed by atoms with Crippen LogP contribution in [-0.4, -0.2) is 49.5 Å². The molecular formula is C18H25N3O3. The second kappa shape index (κ2) is 7.66. The maximum absolute atomic E-state index is 12.2. The maximum atomic E-state index is 12.2. The standard InChI is InChI=1S/C18H25N3O3/c1-13-5-9-21(10-6-13)8-2-7-19-18(23)14-3-4-15-16(11-14)24-12-17(22)20-15/h3-4,11,13H,2,5-10,12H2,1H3,(H,19,23)(H,20,22). The fourth-order valence-corrected chi connectivity index (χ4v) is 3.11. The maximum Gasteiger partial charge on any atom is 0.262 e. The Hall–Kier alpha value is -2.08. The van der Waals surface area contributed by atoms with Crippen molar-refractivity contribution < 1.29 is 14.3 Å². The van der Waals surface area contributed by atoms with Crippen LogP contribution in [0.1, 0.15) is 36.5 Å². The summed E-state index contributed by atoms with van der Waals surface area (Å²) in [6.07, 6.45) is 3.51. The van der Waals surface area contributed by atoms with Gasteiger partial charge < -0.3 is 20.3 Å². The Bertz CT molecular complexity index is 610. The first-order chi connectivity index (χ1) is 11.6. The molecule has 6 nitrogen and oxygen atoms in total. The van der Waals surface area contributed by atoms with Crippen molar-refractivity contribution in [2.24, 2.45) is 5.92 Å². The Morgan fingerprint density at radius 3 is 2.96 bits per heavy atom. The summed E-state index contributed by atoms with van der Waals surface area (Å²) in [6.45, 7) is 6.34. The summed E-state index contributed by atoms with van der Waals surface area (Å²) in [5.74, 6) is 1.11. The van der Waals surface area contributed by atoms with Crippen LogP contribution in [0, 0.1) is 5.92 Å². The Morgan fingerprint density at radius 1 is 1.38 bits per heavy atom. The molecule has 0 aromatic heterocycles. The van der Waals surface area contributed by atoms with E-state index >= 15 is 0 Å². The molecule has 3 rings (SSSR count). The van der Waals surface area contributed by atoms with Crippen LogP contribution in [-0.2, 0) is 4.79 Å². The number of carbonyl (C=O) groups is 2. The van der Waals surface area contributed by atoms with Gasteiger partial charge in [-0.25, -0.2) is 0 Å². The van der Waals surface area contributed by atoms with E-state index < -0.39 is 0 Å². The predicted molar refractivity (Wildman–Crippen MR) is 92.4 cm³/mol. The summed E-state index contributed by atoms with van der Waals surface area (Å²) in [5.41, 5.74) is 1.17. The molecule has 24 heavy (non-hydrogen) atoms. The van der Waals surface area contributed by atoms with Gasteiger partial charge in [-0.05, 0) is 63.0 Å². The van der Waals surface area contributed by atoms with Gasteiger partial charge in [0.05, 0.1) is 5.69 Å². The van der Waals surface area contributed by atoms with Crippen LogP contribution in [0.25, 0.3) is 0 Å². The number of amides is 2. The van der Waals surface area contributed by atoms with Crippen molar-refractivity contribution in [3.05, 3.63) is 23.8 Å². The fourth-order valence-electron chi connectivity index (χ4n) is 3.11. The highest BCUT2D eigenvalue weighted by Crippen LogP contribution is 2.28. The zero-order valence-corrected chi connectivity index (χ0v) is 14.1. The third-order valence-corrected chi connectivity index (χ3v) is 4.69. The summed E-state index contributed by atoms with van der Waals surface area (Å²) in [7, 11) is 0. The normalized spacial score (nSPS) is 18.5. The first kappa shape index (κ1) is 16.8. The van der Waals surface area contributed by atoms with Crippen LogP contribution in [0.15, 0.2) is 18.2 Å². The number of likely N-dealkylation sites (tertiary alicyclic amines) is 1. The summed E-state index contributed by atoms with van der Waals surface area (Å²) in [4.78, 5) is 25.9. The number of nitrogens with zero attached hydrogens (tertiary/aromatic N) is 1. The number of ether oxygens (including phenoxy) is 1. The van der Waals surface area contributed by atoms with Crippen molar-refractivity contribution in [1.29, 1.82) is 0 Å². The van der Waals surface area contributed by atoms with E-state index in [9.17, 15) is 9.59 Å². The first-order valence-corrected chi connectivity index (χ1v) is 8.69. The largest absolute Gasteiger partial charge is 0.482 e. The number of benzene rings is 1. The summed E-state index contributed by atoms with van der Waals surface area (Å²) < 4.78 is 5.34. The number of carbonyl (C=O) groups excluding carboxylic acids is 2. The molecule has 1 aromatic rings. The Kier molecular flexibility index (Phi) is 5.35. The molecule has 0 saturated carbocycles. The van der Waals surface area contributed by atoms with Gasteiger partial charge in [0.2, 0.25) is 0 Å². The quantitative estimate of drug-likeness (QED) is 0.808. The molecule has 2 N–H and O–H groups in total. The third-order valence-electron chi connectivity index (χ3n) is 4.69. The minimum absolute atomic E-state index is 0.00742. The highest BCUT2D eigenvalue weighted by Gasteiger charge is 2.18. The second-order valence-electron chi connectivity index (χ2n) is 6.68. The number of hydrogen-bond donors (Lipinski definition) is 2. The van der Waals surface area contributed by atoms with Gasteiger partial charge in [-0.15, -0.1) is 0 Å². The zero-order valence-electron chi connectivity index (χ0n) is 14.1. The molecule has 0 radical (unpaired) electrons. The average molecular weight is 331 g/mol. The van der Waals surface area contributed by atoms with Gasteiger partial charge in [-0.1, -0.05) is 6.92 Å². The summed E-state index contributed by atoms with van der Waals surface area (Å²) in [6, 6.07) is 5.08. The number of piperidine rings is 1. The fraction of sp³-hybridized carbons (Fsp3) is 0.556. The lowest BCUT2D eigenvalue weighted by Crippen LogP contribution is -2.35. The van der Waals surface area contributed by atoms with E-state index in [1.54, 1.807) is 18.2 Å². The van der Waals surface area contributed by atoms with Gasteiger partial charge in [0.25, 0.3) is 11.8 Å². The molecule has 2 heterocycles. The number of fused-ring (bicyclic) bond motifs is 1. The van der Waals surface area contributed by atoms with Crippen LogP contribution < -0.4 is 15.4 Å². The molecule has 1 aromatic carbocycles. The van der Waals surface area contributed by atoms with E-state index in [-0.39, 0.29) is 18.4 Å². The molecule has 0 aliphatic carbocycles. The Labute approximate surface area is 142 Å². The SMILES string of the molecule is CC1CCN(CCCNC(=O)c2ccc3c(c2)OCC(=O)N3)CC1. The number of anilines is 1. The van der Waals surface area contributed by atoms with Crippen molar-refractivity contribution in [1.82, 2.24) is 10.2 Å². The number of rotatable bonds is 5. The van der Waals surface area contributed by atoms with Crippen molar-refractivity contribution >= 4 is 17.5 Å². The van der Waals surface area contributed by atoms with E-state index in [1.165, 1.54) is 25.9 Å². The highest BCUT2D eigenvalue weighted by molar-refractivity contribution is 5.98. The molecule has 2 amide bonds. The Balaban J connectivity index is 1.43. The van der Waals surface area contributed by atoms with Gasteiger partial charge in [-0.2, -0.15) is 0 Å². The average Bonchev–Trinajstić information content (AvgIpc) is 2.59. The second-order valence-corrected chi connectivity index (χ2v) is 6.68.